The van der Waals surface area contributed by atoms with E-state index in [1.165, 1.54) is 37.9 Å². The van der Waals surface area contributed by atoms with Gasteiger partial charge in [-0.05, 0) is 30.7 Å². The third kappa shape index (κ3) is 3.59. The first-order chi connectivity index (χ1) is 9.06. The molecule has 0 spiro atoms. The summed E-state index contributed by atoms with van der Waals surface area (Å²) in [6.07, 6.45) is 6.40. The van der Waals surface area contributed by atoms with Gasteiger partial charge in [0, 0.05) is 6.54 Å². The Morgan fingerprint density at radius 2 is 2.16 bits per heavy atom. The molecule has 0 aromatic carbocycles. The average molecular weight is 263 g/mol. The van der Waals surface area contributed by atoms with Gasteiger partial charge in [0.1, 0.15) is 11.4 Å². The first-order valence-electron chi connectivity index (χ1n) is 6.79. The predicted molar refractivity (Wildman–Crippen MR) is 75.2 cm³/mol. The molecule has 0 saturated heterocycles. The van der Waals surface area contributed by atoms with Gasteiger partial charge in [0.25, 0.3) is 0 Å². The van der Waals surface area contributed by atoms with E-state index in [4.69, 9.17) is 10.8 Å². The lowest BCUT2D eigenvalue weighted by Crippen LogP contribution is -2.21. The number of nitrogens with one attached hydrogen (secondary N) is 1. The van der Waals surface area contributed by atoms with Crippen LogP contribution in [-0.4, -0.2) is 22.6 Å². The van der Waals surface area contributed by atoms with Crippen molar-refractivity contribution in [1.29, 1.82) is 0 Å². The second-order valence-corrected chi connectivity index (χ2v) is 5.48. The summed E-state index contributed by atoms with van der Waals surface area (Å²) in [6, 6.07) is 1.45. The molecule has 1 aromatic heterocycles. The Morgan fingerprint density at radius 3 is 2.79 bits per heavy atom. The van der Waals surface area contributed by atoms with Crippen molar-refractivity contribution in [2.45, 2.75) is 32.6 Å². The van der Waals surface area contributed by atoms with Crippen LogP contribution < -0.4 is 11.1 Å². The van der Waals surface area contributed by atoms with Crippen molar-refractivity contribution in [3.63, 3.8) is 0 Å². The molecule has 104 valence electrons. The summed E-state index contributed by atoms with van der Waals surface area (Å²) in [5.74, 6) is 0.845. The van der Waals surface area contributed by atoms with E-state index in [1.54, 1.807) is 0 Å². The van der Waals surface area contributed by atoms with Crippen molar-refractivity contribution in [2.24, 2.45) is 11.8 Å². The molecule has 1 aliphatic rings. The molecule has 0 radical (unpaired) electrons. The number of aromatic nitrogens is 1. The standard InChI is InChI=1S/C14H21N3O2/c1-9-2-4-10(5-3-9)7-16-13-12(14(18)19)6-11(15)8-17-13/h6,8-10H,2-5,7,15H2,1H3,(H,16,17)(H,18,19). The van der Waals surface area contributed by atoms with Gasteiger partial charge >= 0.3 is 5.97 Å². The fraction of sp³-hybridized carbons (Fsp3) is 0.571. The molecule has 1 fully saturated rings. The molecule has 1 saturated carbocycles. The van der Waals surface area contributed by atoms with Crippen LogP contribution in [0.5, 0.6) is 0 Å². The SMILES string of the molecule is CC1CCC(CNc2ncc(N)cc2C(=O)O)CC1. The van der Waals surface area contributed by atoms with Gasteiger partial charge in [-0.15, -0.1) is 0 Å². The summed E-state index contributed by atoms with van der Waals surface area (Å²) in [6.45, 7) is 3.07. The van der Waals surface area contributed by atoms with Crippen LogP contribution in [0.15, 0.2) is 12.3 Å². The Balaban J connectivity index is 1.97. The maximum Gasteiger partial charge on any atom is 0.339 e. The summed E-state index contributed by atoms with van der Waals surface area (Å²) >= 11 is 0. The van der Waals surface area contributed by atoms with Crippen LogP contribution in [0.3, 0.4) is 0 Å². The number of nitrogens with zero attached hydrogens (tertiary/aromatic N) is 1. The summed E-state index contributed by atoms with van der Waals surface area (Å²) in [7, 11) is 0. The second kappa shape index (κ2) is 5.91. The lowest BCUT2D eigenvalue weighted by molar-refractivity contribution is 0.0697. The zero-order valence-corrected chi connectivity index (χ0v) is 11.2. The van der Waals surface area contributed by atoms with Gasteiger partial charge in [-0.3, -0.25) is 0 Å². The van der Waals surface area contributed by atoms with Gasteiger partial charge in [0.15, 0.2) is 0 Å². The predicted octanol–water partition coefficient (Wildman–Crippen LogP) is 2.60. The molecular formula is C14H21N3O2. The highest BCUT2D eigenvalue weighted by molar-refractivity contribution is 5.94. The highest BCUT2D eigenvalue weighted by Gasteiger charge is 2.19. The van der Waals surface area contributed by atoms with Gasteiger partial charge in [-0.2, -0.15) is 0 Å². The van der Waals surface area contributed by atoms with E-state index in [2.05, 4.69) is 17.2 Å². The van der Waals surface area contributed by atoms with Gasteiger partial charge in [-0.25, -0.2) is 9.78 Å². The summed E-state index contributed by atoms with van der Waals surface area (Å²) in [4.78, 5) is 15.2. The first kappa shape index (κ1) is 13.6. The van der Waals surface area contributed by atoms with Gasteiger partial charge in [0.2, 0.25) is 0 Å². The number of hydrogen-bond acceptors (Lipinski definition) is 4. The van der Waals surface area contributed by atoms with Crippen LogP contribution in [0.25, 0.3) is 0 Å². The Morgan fingerprint density at radius 1 is 1.47 bits per heavy atom. The summed E-state index contributed by atoms with van der Waals surface area (Å²) in [5.41, 5.74) is 6.08. The number of aromatic carboxylic acids is 1. The van der Waals surface area contributed by atoms with Crippen LogP contribution in [0.4, 0.5) is 11.5 Å². The average Bonchev–Trinajstić information content (AvgIpc) is 2.39. The van der Waals surface area contributed by atoms with Gasteiger partial charge in [0.05, 0.1) is 11.9 Å². The Kier molecular flexibility index (Phi) is 4.24. The maximum absolute atomic E-state index is 11.1. The van der Waals surface area contributed by atoms with E-state index in [0.717, 1.165) is 12.5 Å². The number of carboxylic acids is 1. The summed E-state index contributed by atoms with van der Waals surface area (Å²) in [5, 5.41) is 12.3. The molecular weight excluding hydrogens is 242 g/mol. The molecule has 4 N–H and O–H groups in total. The smallest absolute Gasteiger partial charge is 0.339 e. The zero-order chi connectivity index (χ0) is 13.8. The fourth-order valence-electron chi connectivity index (χ4n) is 2.56. The van der Waals surface area contributed by atoms with E-state index < -0.39 is 5.97 Å². The second-order valence-electron chi connectivity index (χ2n) is 5.48. The van der Waals surface area contributed by atoms with E-state index >= 15 is 0 Å². The number of rotatable bonds is 4. The minimum Gasteiger partial charge on any atom is -0.478 e. The molecule has 0 amide bonds. The van der Waals surface area contributed by atoms with Crippen molar-refractivity contribution in [2.75, 3.05) is 17.6 Å². The molecule has 2 rings (SSSR count). The maximum atomic E-state index is 11.1. The monoisotopic (exact) mass is 263 g/mol. The van der Waals surface area contributed by atoms with Crippen LogP contribution in [0, 0.1) is 11.8 Å². The van der Waals surface area contributed by atoms with E-state index in [9.17, 15) is 4.79 Å². The highest BCUT2D eigenvalue weighted by atomic mass is 16.4. The van der Waals surface area contributed by atoms with Gasteiger partial charge in [-0.1, -0.05) is 19.8 Å². The normalized spacial score (nSPS) is 23.0. The Hall–Kier alpha value is -1.78. The molecule has 1 aromatic rings. The van der Waals surface area contributed by atoms with E-state index in [1.807, 2.05) is 0 Å². The topological polar surface area (TPSA) is 88.2 Å². The molecule has 5 nitrogen and oxygen atoms in total. The molecule has 0 atom stereocenters. The van der Waals surface area contributed by atoms with Crippen molar-refractivity contribution in [3.05, 3.63) is 17.8 Å². The van der Waals surface area contributed by atoms with E-state index in [-0.39, 0.29) is 5.56 Å². The van der Waals surface area contributed by atoms with Crippen LogP contribution in [0.1, 0.15) is 43.0 Å². The Labute approximate surface area is 113 Å². The number of nitrogens with two attached hydrogens (primary N) is 1. The van der Waals surface area contributed by atoms with Crippen molar-refractivity contribution >= 4 is 17.5 Å². The largest absolute Gasteiger partial charge is 0.478 e. The Bertz CT molecular complexity index is 454. The first-order valence-corrected chi connectivity index (χ1v) is 6.79. The van der Waals surface area contributed by atoms with Crippen molar-refractivity contribution in [1.82, 2.24) is 4.98 Å². The van der Waals surface area contributed by atoms with Crippen molar-refractivity contribution < 1.29 is 9.90 Å². The third-order valence-electron chi connectivity index (χ3n) is 3.83. The quantitative estimate of drug-likeness (QED) is 0.777. The zero-order valence-electron chi connectivity index (χ0n) is 11.2. The van der Waals surface area contributed by atoms with Crippen molar-refractivity contribution in [3.8, 4) is 0 Å². The molecule has 1 heterocycles. The fourth-order valence-corrected chi connectivity index (χ4v) is 2.56. The van der Waals surface area contributed by atoms with Crippen LogP contribution >= 0.6 is 0 Å². The number of carbonyl (C=O) groups is 1. The molecule has 0 aliphatic heterocycles. The number of anilines is 2. The minimum absolute atomic E-state index is 0.143. The third-order valence-corrected chi connectivity index (χ3v) is 3.83. The van der Waals surface area contributed by atoms with E-state index in [0.29, 0.717) is 17.4 Å². The molecule has 0 bridgehead atoms. The number of pyridine rings is 1. The minimum atomic E-state index is -1.00. The number of nitrogen functional groups attached to an aromatic ring is 1. The van der Waals surface area contributed by atoms with Crippen LogP contribution in [-0.2, 0) is 0 Å². The summed E-state index contributed by atoms with van der Waals surface area (Å²) < 4.78 is 0. The number of hydrogen-bond donors (Lipinski definition) is 3. The van der Waals surface area contributed by atoms with Gasteiger partial charge < -0.3 is 16.2 Å². The lowest BCUT2D eigenvalue weighted by Gasteiger charge is -2.26. The molecule has 0 unspecified atom stereocenters. The molecule has 19 heavy (non-hydrogen) atoms. The molecule has 1 aliphatic carbocycles. The van der Waals surface area contributed by atoms with Crippen LogP contribution in [0.2, 0.25) is 0 Å². The highest BCUT2D eigenvalue weighted by Crippen LogP contribution is 2.28. The molecule has 5 heteroatoms. The lowest BCUT2D eigenvalue weighted by atomic mass is 9.83. The number of carboxylic acid groups (broad SMARTS) is 1.